The lowest BCUT2D eigenvalue weighted by atomic mass is 9.64. The molecule has 2 saturated heterocycles. The quantitative estimate of drug-likeness (QED) is 0.0265. The van der Waals surface area contributed by atoms with Gasteiger partial charge in [0.2, 0.25) is 11.8 Å². The lowest BCUT2D eigenvalue weighted by Gasteiger charge is -2.46. The van der Waals surface area contributed by atoms with E-state index in [1.165, 1.54) is 50.6 Å². The van der Waals surface area contributed by atoms with Crippen molar-refractivity contribution in [2.45, 2.75) is 55.6 Å². The number of anilines is 1. The Labute approximate surface area is 471 Å². The largest absolute Gasteiger partial charge is 0.493 e. The summed E-state index contributed by atoms with van der Waals surface area (Å²) < 4.78 is 39.7. The lowest BCUT2D eigenvalue weighted by Crippen LogP contribution is -2.57. The highest BCUT2D eigenvalue weighted by Crippen LogP contribution is 2.66. The maximum atomic E-state index is 17.0. The van der Waals surface area contributed by atoms with E-state index in [1.54, 1.807) is 41.3 Å². The number of amides is 3. The molecule has 6 aromatic rings. The van der Waals surface area contributed by atoms with Crippen molar-refractivity contribution in [2.75, 3.05) is 53.1 Å². The van der Waals surface area contributed by atoms with Gasteiger partial charge in [0.1, 0.15) is 36.5 Å². The first-order chi connectivity index (χ1) is 39.8. The zero-order valence-corrected chi connectivity index (χ0v) is 45.1. The van der Waals surface area contributed by atoms with E-state index in [9.17, 15) is 24.8 Å². The number of ether oxygens (including phenoxy) is 7. The van der Waals surface area contributed by atoms with Crippen LogP contribution in [0.3, 0.4) is 0 Å². The second-order valence-corrected chi connectivity index (χ2v) is 19.9. The Morgan fingerprint density at radius 2 is 1.44 bits per heavy atom. The molecule has 3 amide bonds. The van der Waals surface area contributed by atoms with Crippen LogP contribution in [-0.4, -0.2) is 110 Å². The highest BCUT2D eigenvalue weighted by atomic mass is 16.6. The topological polar surface area (TPSA) is 240 Å². The van der Waals surface area contributed by atoms with Gasteiger partial charge in [-0.3, -0.25) is 39.0 Å². The number of rotatable bonds is 15. The van der Waals surface area contributed by atoms with E-state index in [1.807, 2.05) is 71.6 Å². The van der Waals surface area contributed by atoms with Crippen molar-refractivity contribution in [3.8, 4) is 29.1 Å². The number of aliphatic hydroxyl groups excluding tert-OH is 1. The minimum atomic E-state index is -2.28. The first kappa shape index (κ1) is 55.7. The van der Waals surface area contributed by atoms with Crippen molar-refractivity contribution in [3.63, 3.8) is 0 Å². The van der Waals surface area contributed by atoms with Crippen LogP contribution in [-0.2, 0) is 67.9 Å². The number of imide groups is 1. The van der Waals surface area contributed by atoms with Gasteiger partial charge in [0.25, 0.3) is 5.69 Å². The van der Waals surface area contributed by atoms with Crippen molar-refractivity contribution in [3.05, 3.63) is 194 Å². The van der Waals surface area contributed by atoms with Gasteiger partial charge in [-0.15, -0.1) is 0 Å². The van der Waals surface area contributed by atoms with Gasteiger partial charge in [0.05, 0.1) is 63.7 Å². The van der Waals surface area contributed by atoms with Gasteiger partial charge in [0, 0.05) is 37.2 Å². The number of carbonyl (C=O) groups excluding carboxylic acids is 6. The van der Waals surface area contributed by atoms with E-state index in [4.69, 9.17) is 33.2 Å². The SMILES string of the molecule is COC(=O)C(CC#Cc1ccc2c(c1)[C@]1(C(=O)N2C(=O)OCc2ccc([N+](=O)[O-])cc2)[C@H](C(=O)N2CCc3cc(OC)c(OC)cc3C2)[C@H]2C(=O)O[C@H](c3ccccc3)[C@H](c3ccccc3)N2[C@@H]1c1cccc(OCCO)c1)C(=O)OC. The number of carbonyl (C=O) groups is 6. The molecule has 0 aromatic heterocycles. The number of benzene rings is 6. The molecule has 20 nitrogen and oxygen atoms in total. The van der Waals surface area contributed by atoms with E-state index in [2.05, 4.69) is 11.8 Å². The summed E-state index contributed by atoms with van der Waals surface area (Å²) in [5.41, 5.74) is 1.37. The maximum absolute atomic E-state index is 17.0. The predicted octanol–water partition coefficient (Wildman–Crippen LogP) is 7.27. The molecule has 0 radical (unpaired) electrons. The fraction of sp³-hybridized carbons (Fsp3) is 0.290. The summed E-state index contributed by atoms with van der Waals surface area (Å²) in [6.45, 7) is -0.773. The number of fused-ring (bicyclic) bond motifs is 4. The summed E-state index contributed by atoms with van der Waals surface area (Å²) in [7, 11) is 5.27. The first-order valence-corrected chi connectivity index (χ1v) is 26.3. The third-order valence-corrected chi connectivity index (χ3v) is 15.5. The normalized spacial score (nSPS) is 20.6. The van der Waals surface area contributed by atoms with Crippen molar-refractivity contribution in [1.82, 2.24) is 9.80 Å². The number of nitro benzene ring substituents is 1. The summed E-state index contributed by atoms with van der Waals surface area (Å²) in [6, 6.07) is 34.7. The van der Waals surface area contributed by atoms with Crippen LogP contribution in [0.15, 0.2) is 140 Å². The molecule has 4 heterocycles. The molecular formula is C62H56N4O16. The summed E-state index contributed by atoms with van der Waals surface area (Å²) in [4.78, 5) is 106. The summed E-state index contributed by atoms with van der Waals surface area (Å²) in [5.74, 6) is -0.222. The van der Waals surface area contributed by atoms with E-state index in [-0.39, 0.29) is 61.0 Å². The number of esters is 3. The average Bonchev–Trinajstić information content (AvgIpc) is 1.74. The highest BCUT2D eigenvalue weighted by molar-refractivity contribution is 6.23. The fourth-order valence-electron chi connectivity index (χ4n) is 11.9. The van der Waals surface area contributed by atoms with E-state index < -0.39 is 88.8 Å². The summed E-state index contributed by atoms with van der Waals surface area (Å²) in [5, 5.41) is 21.5. The van der Waals surface area contributed by atoms with Gasteiger partial charge in [0.15, 0.2) is 17.4 Å². The molecule has 4 aliphatic heterocycles. The molecule has 0 bridgehead atoms. The number of nitrogens with zero attached hydrogens (tertiary/aromatic N) is 4. The average molecular weight is 1110 g/mol. The number of cyclic esters (lactones) is 1. The lowest BCUT2D eigenvalue weighted by molar-refractivity contribution is -0.384. The van der Waals surface area contributed by atoms with Crippen molar-refractivity contribution >= 4 is 47.2 Å². The minimum Gasteiger partial charge on any atom is -0.493 e. The van der Waals surface area contributed by atoms with Gasteiger partial charge in [-0.25, -0.2) is 9.69 Å². The first-order valence-electron chi connectivity index (χ1n) is 26.3. The number of morpholine rings is 1. The molecule has 0 aliphatic carbocycles. The van der Waals surface area contributed by atoms with Crippen LogP contribution < -0.4 is 19.1 Å². The standard InChI is InChI=1S/C62H56N4O16/c1-76-49-33-41-27-28-63(35-43(41)34-50(49)77-2)56(68)51-53-59(71)82-54(40-16-9-6-10-17-40)52(39-14-7-5-8-15-39)65(53)55(42-18-12-19-45(32-42)80-30-29-67)62(51)47-31-37(13-11-20-46(57(69)78-3)58(70)79-4)23-26-48(47)64(60(62)72)61(73)81-36-38-21-24-44(25-22-38)66(74)75/h5-10,12,14-19,21-26,31-34,46,51-55,67H,20,27-30,35-36H2,1-4H3/t51-,52-,53-,54+,55+,62-/m0/s1. The Kier molecular flexibility index (Phi) is 16.1. The Hall–Kier alpha value is -9.58. The van der Waals surface area contributed by atoms with Gasteiger partial charge in [-0.1, -0.05) is 84.6 Å². The molecule has 1 spiro atoms. The number of methoxy groups -OCH3 is 4. The fourth-order valence-corrected chi connectivity index (χ4v) is 11.9. The Morgan fingerprint density at radius 1 is 0.780 bits per heavy atom. The van der Waals surface area contributed by atoms with Crippen LogP contribution >= 0.6 is 0 Å². The molecule has 10 rings (SSSR count). The zero-order valence-electron chi connectivity index (χ0n) is 45.1. The molecule has 1 N–H and O–H groups in total. The third kappa shape index (κ3) is 10.1. The van der Waals surface area contributed by atoms with Crippen molar-refractivity contribution < 1.29 is 72.0 Å². The van der Waals surface area contributed by atoms with Crippen LogP contribution in [0.1, 0.15) is 69.1 Å². The van der Waals surface area contributed by atoms with Gasteiger partial charge >= 0.3 is 24.0 Å². The number of nitro groups is 1. The predicted molar refractivity (Wildman–Crippen MR) is 292 cm³/mol. The number of aliphatic hydroxyl groups is 1. The molecule has 0 saturated carbocycles. The van der Waals surface area contributed by atoms with Crippen LogP contribution in [0.2, 0.25) is 0 Å². The number of hydrogen-bond acceptors (Lipinski definition) is 17. The molecule has 0 unspecified atom stereocenters. The minimum absolute atomic E-state index is 0.00187. The molecule has 82 heavy (non-hydrogen) atoms. The van der Waals surface area contributed by atoms with Crippen LogP contribution in [0.25, 0.3) is 0 Å². The maximum Gasteiger partial charge on any atom is 0.421 e. The molecule has 2 fully saturated rings. The van der Waals surface area contributed by atoms with Gasteiger partial charge in [-0.05, 0) is 100.0 Å². The van der Waals surface area contributed by atoms with E-state index in [0.717, 1.165) is 24.7 Å². The van der Waals surface area contributed by atoms with Crippen molar-refractivity contribution in [2.24, 2.45) is 11.8 Å². The second kappa shape index (κ2) is 23.6. The van der Waals surface area contributed by atoms with Gasteiger partial charge < -0.3 is 43.2 Å². The van der Waals surface area contributed by atoms with Crippen molar-refractivity contribution in [1.29, 1.82) is 0 Å². The molecule has 6 aromatic carbocycles. The molecule has 4 aliphatic rings. The molecule has 6 atom stereocenters. The summed E-state index contributed by atoms with van der Waals surface area (Å²) in [6.07, 6.45) is -2.24. The van der Waals surface area contributed by atoms with E-state index in [0.29, 0.717) is 45.7 Å². The smallest absolute Gasteiger partial charge is 0.421 e. The van der Waals surface area contributed by atoms with Crippen LogP contribution in [0.5, 0.6) is 17.2 Å². The Bertz CT molecular complexity index is 3510. The number of hydrogen-bond donors (Lipinski definition) is 1. The number of non-ortho nitro benzene ring substituents is 1. The summed E-state index contributed by atoms with van der Waals surface area (Å²) >= 11 is 0. The highest BCUT2D eigenvalue weighted by Gasteiger charge is 2.76. The monoisotopic (exact) mass is 1110 g/mol. The Morgan fingerprint density at radius 3 is 2.09 bits per heavy atom. The third-order valence-electron chi connectivity index (χ3n) is 15.5. The van der Waals surface area contributed by atoms with Crippen LogP contribution in [0.4, 0.5) is 16.2 Å². The van der Waals surface area contributed by atoms with E-state index >= 15 is 19.2 Å². The van der Waals surface area contributed by atoms with Gasteiger partial charge in [-0.2, -0.15) is 0 Å². The zero-order chi connectivity index (χ0) is 57.8. The molecular weight excluding hydrogens is 1060 g/mol. The van der Waals surface area contributed by atoms with Crippen LogP contribution in [0, 0.1) is 33.8 Å². The molecule has 20 heteroatoms. The second-order valence-electron chi connectivity index (χ2n) is 19.9. The Balaban J connectivity index is 1.25. The molecule has 420 valence electrons.